The molecule has 2 aromatic carbocycles. The summed E-state index contributed by atoms with van der Waals surface area (Å²) in [5.74, 6) is -4.31. The Morgan fingerprint density at radius 2 is 1.67 bits per heavy atom. The second kappa shape index (κ2) is 13.9. The van der Waals surface area contributed by atoms with Crippen molar-refractivity contribution in [3.05, 3.63) is 92.4 Å². The lowest BCUT2D eigenvalue weighted by atomic mass is 9.92. The average molecular weight is 582 g/mol. The van der Waals surface area contributed by atoms with Gasteiger partial charge in [-0.25, -0.2) is 8.78 Å². The summed E-state index contributed by atoms with van der Waals surface area (Å²) in [5.41, 5.74) is 3.84. The van der Waals surface area contributed by atoms with Gasteiger partial charge in [0.05, 0.1) is 12.5 Å². The zero-order chi connectivity index (χ0) is 31.3. The van der Waals surface area contributed by atoms with Crippen LogP contribution in [-0.4, -0.2) is 47.1 Å². The number of aromatic nitrogens is 1. The van der Waals surface area contributed by atoms with Crippen LogP contribution in [0, 0.1) is 38.3 Å². The first-order valence-corrected chi connectivity index (χ1v) is 14.1. The molecule has 0 aliphatic heterocycles. The SMILES string of the molecule is Cc1cc(=O)n(C(CC(C)C)C(=O)NC(CC(=O)O)c2cc(-c3c(C)cccc3C)cc(F)c2F)cc1CCN(C)C. The maximum Gasteiger partial charge on any atom is 0.305 e. The second-order valence-electron chi connectivity index (χ2n) is 11.7. The molecule has 2 N–H and O–H groups in total. The van der Waals surface area contributed by atoms with Crippen LogP contribution in [0.2, 0.25) is 0 Å². The van der Waals surface area contributed by atoms with Crippen molar-refractivity contribution >= 4 is 11.9 Å². The summed E-state index contributed by atoms with van der Waals surface area (Å²) in [7, 11) is 3.89. The van der Waals surface area contributed by atoms with Crippen LogP contribution in [0.25, 0.3) is 11.1 Å². The predicted octanol–water partition coefficient (Wildman–Crippen LogP) is 5.74. The maximum absolute atomic E-state index is 15.3. The number of aliphatic carboxylic acids is 1. The number of amides is 1. The van der Waals surface area contributed by atoms with Crippen LogP contribution in [0.1, 0.15) is 66.6 Å². The quantitative estimate of drug-likeness (QED) is 0.285. The number of nitrogens with one attached hydrogen (secondary N) is 1. The fourth-order valence-electron chi connectivity index (χ4n) is 5.29. The topological polar surface area (TPSA) is 91.6 Å². The highest BCUT2D eigenvalue weighted by Gasteiger charge is 2.30. The molecule has 3 rings (SSSR count). The van der Waals surface area contributed by atoms with Gasteiger partial charge in [0.25, 0.3) is 5.56 Å². The number of hydrogen-bond acceptors (Lipinski definition) is 4. The molecule has 226 valence electrons. The van der Waals surface area contributed by atoms with Gasteiger partial charge < -0.3 is 19.9 Å². The molecular formula is C33H41F2N3O4. The van der Waals surface area contributed by atoms with Gasteiger partial charge in [-0.1, -0.05) is 32.0 Å². The van der Waals surface area contributed by atoms with Gasteiger partial charge in [0, 0.05) is 24.4 Å². The molecule has 2 unspecified atom stereocenters. The molecule has 2 atom stereocenters. The summed E-state index contributed by atoms with van der Waals surface area (Å²) < 4.78 is 31.7. The third kappa shape index (κ3) is 7.91. The first kappa shape index (κ1) is 32.7. The maximum atomic E-state index is 15.3. The number of benzene rings is 2. The number of rotatable bonds is 12. The van der Waals surface area contributed by atoms with Crippen LogP contribution < -0.4 is 10.9 Å². The summed E-state index contributed by atoms with van der Waals surface area (Å²) in [5, 5.41) is 12.3. The normalized spacial score (nSPS) is 12.9. The number of carboxylic acids is 1. The van der Waals surface area contributed by atoms with Gasteiger partial charge in [-0.05, 0) is 99.1 Å². The molecule has 1 amide bonds. The fourth-order valence-corrected chi connectivity index (χ4v) is 5.29. The zero-order valence-electron chi connectivity index (χ0n) is 25.4. The van der Waals surface area contributed by atoms with Crippen molar-refractivity contribution in [3.8, 4) is 11.1 Å². The highest BCUT2D eigenvalue weighted by Crippen LogP contribution is 2.33. The summed E-state index contributed by atoms with van der Waals surface area (Å²) in [6.07, 6.45) is 1.94. The number of carboxylic acid groups (broad SMARTS) is 1. The highest BCUT2D eigenvalue weighted by atomic mass is 19.2. The van der Waals surface area contributed by atoms with Gasteiger partial charge in [0.2, 0.25) is 5.91 Å². The van der Waals surface area contributed by atoms with Crippen molar-refractivity contribution in [2.75, 3.05) is 20.6 Å². The van der Waals surface area contributed by atoms with Gasteiger partial charge in [-0.2, -0.15) is 0 Å². The molecule has 0 fully saturated rings. The molecule has 7 nitrogen and oxygen atoms in total. The van der Waals surface area contributed by atoms with E-state index in [1.54, 1.807) is 6.20 Å². The lowest BCUT2D eigenvalue weighted by molar-refractivity contribution is -0.138. The molecule has 0 radical (unpaired) electrons. The van der Waals surface area contributed by atoms with E-state index in [1.165, 1.54) is 16.7 Å². The van der Waals surface area contributed by atoms with E-state index < -0.39 is 42.0 Å². The number of carbonyl (C=O) groups excluding carboxylic acids is 1. The van der Waals surface area contributed by atoms with Crippen molar-refractivity contribution < 1.29 is 23.5 Å². The van der Waals surface area contributed by atoms with Crippen molar-refractivity contribution in [1.29, 1.82) is 0 Å². The monoisotopic (exact) mass is 581 g/mol. The number of nitrogens with zero attached hydrogens (tertiary/aromatic N) is 2. The standard InChI is InChI=1S/C33H41F2N3O4/c1-19(2)13-28(38-18-23(11-12-37(6)7)22(5)14-29(38)39)33(42)36-27(17-30(40)41)25-15-24(16-26(34)32(25)35)31-20(3)9-8-10-21(31)4/h8-10,14-16,18-19,27-28H,11-13,17H2,1-7H3,(H,36,42)(H,40,41). The van der Waals surface area contributed by atoms with Gasteiger partial charge in [-0.3, -0.25) is 14.4 Å². The van der Waals surface area contributed by atoms with E-state index in [4.69, 9.17) is 0 Å². The van der Waals surface area contributed by atoms with E-state index in [0.29, 0.717) is 17.5 Å². The number of hydrogen-bond donors (Lipinski definition) is 2. The smallest absolute Gasteiger partial charge is 0.305 e. The van der Waals surface area contributed by atoms with E-state index in [0.717, 1.165) is 34.9 Å². The minimum Gasteiger partial charge on any atom is -0.481 e. The molecule has 3 aromatic rings. The third-order valence-corrected chi connectivity index (χ3v) is 7.45. The molecule has 0 aliphatic rings. The number of halogens is 2. The molecular weight excluding hydrogens is 540 g/mol. The van der Waals surface area contributed by atoms with Crippen LogP contribution in [0.3, 0.4) is 0 Å². The molecule has 1 aromatic heterocycles. The van der Waals surface area contributed by atoms with E-state index in [2.05, 4.69) is 5.32 Å². The van der Waals surface area contributed by atoms with Crippen LogP contribution in [0.15, 0.2) is 47.4 Å². The fraction of sp³-hybridized carbons (Fsp3) is 0.424. The number of pyridine rings is 1. The van der Waals surface area contributed by atoms with Crippen LogP contribution in [0.5, 0.6) is 0 Å². The van der Waals surface area contributed by atoms with E-state index >= 15 is 4.39 Å². The lowest BCUT2D eigenvalue weighted by Gasteiger charge is -2.26. The predicted molar refractivity (Wildman–Crippen MR) is 161 cm³/mol. The highest BCUT2D eigenvalue weighted by molar-refractivity contribution is 5.82. The van der Waals surface area contributed by atoms with Gasteiger partial charge in [-0.15, -0.1) is 0 Å². The van der Waals surface area contributed by atoms with Crippen LogP contribution in [0.4, 0.5) is 8.78 Å². The van der Waals surface area contributed by atoms with Crippen LogP contribution in [-0.2, 0) is 16.0 Å². The van der Waals surface area contributed by atoms with Gasteiger partial charge in [0.1, 0.15) is 6.04 Å². The largest absolute Gasteiger partial charge is 0.481 e. The second-order valence-corrected chi connectivity index (χ2v) is 11.7. The summed E-state index contributed by atoms with van der Waals surface area (Å²) >= 11 is 0. The molecule has 42 heavy (non-hydrogen) atoms. The van der Waals surface area contributed by atoms with Gasteiger partial charge >= 0.3 is 5.97 Å². The van der Waals surface area contributed by atoms with Gasteiger partial charge in [0.15, 0.2) is 11.6 Å². The van der Waals surface area contributed by atoms with Crippen molar-refractivity contribution in [2.24, 2.45) is 5.92 Å². The van der Waals surface area contributed by atoms with E-state index in [-0.39, 0.29) is 23.5 Å². The molecule has 9 heteroatoms. The molecule has 0 aliphatic carbocycles. The number of aryl methyl sites for hydroxylation is 3. The molecule has 0 bridgehead atoms. The Labute approximate surface area is 246 Å². The minimum atomic E-state index is -1.38. The number of likely N-dealkylation sites (N-methyl/N-ethyl adjacent to an activating group) is 1. The Bertz CT molecular complexity index is 1490. The average Bonchev–Trinajstić information content (AvgIpc) is 2.88. The Kier molecular flexibility index (Phi) is 10.8. The van der Waals surface area contributed by atoms with Crippen molar-refractivity contribution in [1.82, 2.24) is 14.8 Å². The summed E-state index contributed by atoms with van der Waals surface area (Å²) in [4.78, 5) is 40.9. The number of carbonyl (C=O) groups is 2. The zero-order valence-corrected chi connectivity index (χ0v) is 25.4. The summed E-state index contributed by atoms with van der Waals surface area (Å²) in [6, 6.07) is 7.16. The van der Waals surface area contributed by atoms with Crippen LogP contribution >= 0.6 is 0 Å². The Balaban J connectivity index is 2.09. The molecule has 0 saturated heterocycles. The molecule has 1 heterocycles. The Morgan fingerprint density at radius 3 is 2.24 bits per heavy atom. The van der Waals surface area contributed by atoms with Crippen molar-refractivity contribution in [2.45, 2.75) is 66.0 Å². The molecule has 0 saturated carbocycles. The van der Waals surface area contributed by atoms with Crippen molar-refractivity contribution in [3.63, 3.8) is 0 Å². The summed E-state index contributed by atoms with van der Waals surface area (Å²) in [6.45, 7) is 10.1. The molecule has 0 spiro atoms. The lowest BCUT2D eigenvalue weighted by Crippen LogP contribution is -2.40. The van der Waals surface area contributed by atoms with E-state index in [1.807, 2.05) is 71.8 Å². The van der Waals surface area contributed by atoms with E-state index in [9.17, 15) is 23.9 Å². The first-order valence-electron chi connectivity index (χ1n) is 14.1. The third-order valence-electron chi connectivity index (χ3n) is 7.45. The Hall–Kier alpha value is -3.85. The Morgan fingerprint density at radius 1 is 1.02 bits per heavy atom. The minimum absolute atomic E-state index is 0.00126. The first-order chi connectivity index (χ1) is 19.7.